The van der Waals surface area contributed by atoms with E-state index < -0.39 is 24.1 Å². The summed E-state index contributed by atoms with van der Waals surface area (Å²) in [7, 11) is 0. The van der Waals surface area contributed by atoms with E-state index in [0.29, 0.717) is 0 Å². The maximum absolute atomic E-state index is 11.6. The molecule has 0 saturated heterocycles. The Balaban J connectivity index is 2.26. The second-order valence-corrected chi connectivity index (χ2v) is 4.70. The summed E-state index contributed by atoms with van der Waals surface area (Å²) in [5, 5.41) is 9.04. The van der Waals surface area contributed by atoms with E-state index in [1.165, 1.54) is 6.92 Å². The molecule has 0 fully saturated rings. The number of esters is 2. The van der Waals surface area contributed by atoms with Crippen molar-refractivity contribution in [3.63, 3.8) is 0 Å². The van der Waals surface area contributed by atoms with E-state index in [0.717, 1.165) is 5.56 Å². The largest absolute Gasteiger partial charge is 0.462 e. The zero-order valence-corrected chi connectivity index (χ0v) is 11.7. The summed E-state index contributed by atoms with van der Waals surface area (Å²) >= 11 is 0. The predicted molar refractivity (Wildman–Crippen MR) is 72.7 cm³/mol. The molecule has 0 bridgehead atoms. The van der Waals surface area contributed by atoms with Crippen LogP contribution in [0.3, 0.4) is 0 Å². The zero-order valence-electron chi connectivity index (χ0n) is 11.7. The van der Waals surface area contributed by atoms with E-state index in [-0.39, 0.29) is 19.4 Å². The molecule has 2 atom stereocenters. The van der Waals surface area contributed by atoms with Crippen molar-refractivity contribution < 1.29 is 24.2 Å². The molecule has 0 saturated carbocycles. The van der Waals surface area contributed by atoms with Gasteiger partial charge < -0.3 is 14.6 Å². The molecule has 1 aromatic carbocycles. The number of carbonyl (C=O) groups excluding carboxylic acids is 2. The van der Waals surface area contributed by atoms with Crippen molar-refractivity contribution in [2.75, 3.05) is 0 Å². The van der Waals surface area contributed by atoms with Crippen LogP contribution >= 0.6 is 0 Å². The smallest absolute Gasteiger partial charge is 0.309 e. The minimum Gasteiger partial charge on any atom is -0.462 e. The Kier molecular flexibility index (Phi) is 6.73. The van der Waals surface area contributed by atoms with Crippen molar-refractivity contribution in [2.45, 2.75) is 45.5 Å². The Hall–Kier alpha value is -1.88. The summed E-state index contributed by atoms with van der Waals surface area (Å²) in [6, 6.07) is 9.33. The quantitative estimate of drug-likeness (QED) is 0.771. The monoisotopic (exact) mass is 280 g/mol. The normalized spacial score (nSPS) is 13.3. The van der Waals surface area contributed by atoms with Gasteiger partial charge in [0, 0.05) is 0 Å². The maximum Gasteiger partial charge on any atom is 0.309 e. The first-order valence-electron chi connectivity index (χ1n) is 6.54. The molecule has 0 aliphatic heterocycles. The molecule has 0 unspecified atom stereocenters. The third-order valence-corrected chi connectivity index (χ3v) is 2.49. The molecule has 1 rings (SSSR count). The van der Waals surface area contributed by atoms with Crippen LogP contribution in [0.15, 0.2) is 30.3 Å². The van der Waals surface area contributed by atoms with E-state index in [1.54, 1.807) is 6.92 Å². The van der Waals surface area contributed by atoms with Crippen molar-refractivity contribution in [1.29, 1.82) is 0 Å². The van der Waals surface area contributed by atoms with Crippen LogP contribution in [-0.4, -0.2) is 29.3 Å². The van der Waals surface area contributed by atoms with Gasteiger partial charge in [0.25, 0.3) is 0 Å². The van der Waals surface area contributed by atoms with Crippen molar-refractivity contribution >= 4 is 11.9 Å². The fourth-order valence-electron chi connectivity index (χ4n) is 1.59. The fourth-order valence-corrected chi connectivity index (χ4v) is 1.59. The maximum atomic E-state index is 11.6. The van der Waals surface area contributed by atoms with Crippen LogP contribution in [0, 0.1) is 0 Å². The van der Waals surface area contributed by atoms with Crippen LogP contribution in [0.1, 0.15) is 32.3 Å². The summed E-state index contributed by atoms with van der Waals surface area (Å²) in [6.45, 7) is 3.32. The molecular weight excluding hydrogens is 260 g/mol. The minimum atomic E-state index is -0.750. The van der Waals surface area contributed by atoms with Crippen molar-refractivity contribution in [2.24, 2.45) is 0 Å². The average Bonchev–Trinajstić information content (AvgIpc) is 2.36. The van der Waals surface area contributed by atoms with Gasteiger partial charge in [-0.25, -0.2) is 0 Å². The highest BCUT2D eigenvalue weighted by Gasteiger charge is 2.16. The Morgan fingerprint density at radius 1 is 1.10 bits per heavy atom. The lowest BCUT2D eigenvalue weighted by Gasteiger charge is -2.13. The summed E-state index contributed by atoms with van der Waals surface area (Å²) in [4.78, 5) is 22.9. The van der Waals surface area contributed by atoms with Crippen LogP contribution in [-0.2, 0) is 25.7 Å². The number of aliphatic hydroxyl groups excluding tert-OH is 1. The van der Waals surface area contributed by atoms with E-state index in [2.05, 4.69) is 0 Å². The molecule has 0 radical (unpaired) electrons. The Morgan fingerprint density at radius 3 is 2.35 bits per heavy atom. The minimum absolute atomic E-state index is 0.00160. The molecule has 1 aromatic rings. The van der Waals surface area contributed by atoms with Gasteiger partial charge in [-0.3, -0.25) is 9.59 Å². The highest BCUT2D eigenvalue weighted by molar-refractivity contribution is 5.72. The van der Waals surface area contributed by atoms with E-state index in [4.69, 9.17) is 14.6 Å². The van der Waals surface area contributed by atoms with Crippen LogP contribution in [0.4, 0.5) is 0 Å². The van der Waals surface area contributed by atoms with Crippen LogP contribution < -0.4 is 0 Å². The third kappa shape index (κ3) is 6.89. The first-order chi connectivity index (χ1) is 9.47. The lowest BCUT2D eigenvalue weighted by molar-refractivity contribution is -0.155. The molecule has 0 aliphatic rings. The number of aliphatic hydroxyl groups is 1. The van der Waals surface area contributed by atoms with Gasteiger partial charge >= 0.3 is 11.9 Å². The zero-order chi connectivity index (χ0) is 15.0. The van der Waals surface area contributed by atoms with E-state index in [1.807, 2.05) is 30.3 Å². The number of ether oxygens (including phenoxy) is 2. The number of rotatable bonds is 7. The van der Waals surface area contributed by atoms with Crippen molar-refractivity contribution in [3.8, 4) is 0 Å². The standard InChI is InChI=1S/C15H20O5/c1-11(16)8-15(18)20-12(2)9-14(17)19-10-13-6-4-3-5-7-13/h3-7,11-12,16H,8-10H2,1-2H3/t11-,12-/m1/s1. The highest BCUT2D eigenvalue weighted by atomic mass is 16.6. The molecule has 0 aromatic heterocycles. The number of hydrogen-bond donors (Lipinski definition) is 1. The molecule has 0 spiro atoms. The molecule has 5 heteroatoms. The number of benzene rings is 1. The number of hydrogen-bond acceptors (Lipinski definition) is 5. The van der Waals surface area contributed by atoms with E-state index >= 15 is 0 Å². The fraction of sp³-hybridized carbons (Fsp3) is 0.467. The summed E-state index contributed by atoms with van der Waals surface area (Å²) in [5.41, 5.74) is 0.902. The molecule has 20 heavy (non-hydrogen) atoms. The van der Waals surface area contributed by atoms with Gasteiger partial charge in [-0.2, -0.15) is 0 Å². The average molecular weight is 280 g/mol. The highest BCUT2D eigenvalue weighted by Crippen LogP contribution is 2.06. The van der Waals surface area contributed by atoms with Gasteiger partial charge in [-0.1, -0.05) is 30.3 Å². The summed E-state index contributed by atoms with van der Waals surface area (Å²) < 4.78 is 10.1. The van der Waals surface area contributed by atoms with Crippen LogP contribution in [0.5, 0.6) is 0 Å². The first kappa shape index (κ1) is 16.2. The van der Waals surface area contributed by atoms with Gasteiger partial charge in [0.15, 0.2) is 0 Å². The van der Waals surface area contributed by atoms with Crippen molar-refractivity contribution in [3.05, 3.63) is 35.9 Å². The van der Waals surface area contributed by atoms with Gasteiger partial charge in [0.1, 0.15) is 12.7 Å². The topological polar surface area (TPSA) is 72.8 Å². The Labute approximate surface area is 118 Å². The van der Waals surface area contributed by atoms with Gasteiger partial charge in [0.2, 0.25) is 0 Å². The lowest BCUT2D eigenvalue weighted by atomic mass is 10.2. The second kappa shape index (κ2) is 8.32. The Bertz CT molecular complexity index is 427. The summed E-state index contributed by atoms with van der Waals surface area (Å²) in [5.74, 6) is -0.949. The molecule has 0 aliphatic carbocycles. The van der Waals surface area contributed by atoms with Gasteiger partial charge in [-0.05, 0) is 19.4 Å². The molecule has 1 N–H and O–H groups in total. The van der Waals surface area contributed by atoms with Gasteiger partial charge in [-0.15, -0.1) is 0 Å². The molecule has 0 amide bonds. The third-order valence-electron chi connectivity index (χ3n) is 2.49. The van der Waals surface area contributed by atoms with Crippen molar-refractivity contribution in [1.82, 2.24) is 0 Å². The van der Waals surface area contributed by atoms with E-state index in [9.17, 15) is 9.59 Å². The predicted octanol–water partition coefficient (Wildman–Crippen LogP) is 1.82. The molecule has 110 valence electrons. The van der Waals surface area contributed by atoms with Crippen LogP contribution in [0.2, 0.25) is 0 Å². The van der Waals surface area contributed by atoms with Gasteiger partial charge in [0.05, 0.1) is 18.9 Å². The molecular formula is C15H20O5. The first-order valence-corrected chi connectivity index (χ1v) is 6.54. The Morgan fingerprint density at radius 2 is 1.75 bits per heavy atom. The molecule has 0 heterocycles. The number of carbonyl (C=O) groups is 2. The summed E-state index contributed by atoms with van der Waals surface area (Å²) in [6.07, 6.45) is -1.40. The SMILES string of the molecule is C[C@H](CC(=O)OCc1ccccc1)OC(=O)C[C@@H](C)O. The lowest BCUT2D eigenvalue weighted by Crippen LogP contribution is -2.22. The molecule has 5 nitrogen and oxygen atoms in total. The second-order valence-electron chi connectivity index (χ2n) is 4.70. The van der Waals surface area contributed by atoms with Crippen LogP contribution in [0.25, 0.3) is 0 Å².